The molecule has 3 aliphatic rings. The summed E-state index contributed by atoms with van der Waals surface area (Å²) in [5.41, 5.74) is 0.711. The molecule has 2 atom stereocenters. The summed E-state index contributed by atoms with van der Waals surface area (Å²) in [7, 11) is -3.32. The van der Waals surface area contributed by atoms with E-state index in [1.165, 1.54) is 0 Å². The van der Waals surface area contributed by atoms with Crippen LogP contribution in [0.15, 0.2) is 24.3 Å². The van der Waals surface area contributed by atoms with Gasteiger partial charge in [0.15, 0.2) is 0 Å². The minimum absolute atomic E-state index is 0. The third-order valence-electron chi connectivity index (χ3n) is 8.56. The highest BCUT2D eigenvalue weighted by Crippen LogP contribution is 2.36. The molecule has 220 valence electrons. The fraction of sp³-hybridized carbons (Fsp3) is 0.714. The van der Waals surface area contributed by atoms with E-state index in [2.05, 4.69) is 21.9 Å². The van der Waals surface area contributed by atoms with Gasteiger partial charge in [0.2, 0.25) is 21.8 Å². The van der Waals surface area contributed by atoms with Gasteiger partial charge in [-0.3, -0.25) is 19.2 Å². The van der Waals surface area contributed by atoms with Crippen LogP contribution in [0.2, 0.25) is 0 Å². The number of aliphatic hydroxyl groups is 1. The van der Waals surface area contributed by atoms with E-state index >= 15 is 0 Å². The first-order chi connectivity index (χ1) is 18.1. The van der Waals surface area contributed by atoms with E-state index in [0.717, 1.165) is 63.2 Å². The number of carbonyl (C=O) groups excluding carboxylic acids is 2. The van der Waals surface area contributed by atoms with Gasteiger partial charge in [-0.15, -0.1) is 12.4 Å². The van der Waals surface area contributed by atoms with Gasteiger partial charge in [0, 0.05) is 31.9 Å². The van der Waals surface area contributed by atoms with Crippen molar-refractivity contribution in [2.24, 2.45) is 5.92 Å². The molecule has 1 aromatic rings. The zero-order valence-electron chi connectivity index (χ0n) is 23.2. The molecular weight excluding hydrogens is 540 g/mol. The molecule has 2 aliphatic heterocycles. The van der Waals surface area contributed by atoms with Gasteiger partial charge in [0.05, 0.1) is 12.4 Å². The number of hydrogen-bond acceptors (Lipinski definition) is 6. The Hall–Kier alpha value is -1.88. The van der Waals surface area contributed by atoms with Crippen molar-refractivity contribution in [3.8, 4) is 0 Å². The fourth-order valence-electron chi connectivity index (χ4n) is 6.36. The minimum Gasteiger partial charge on any atom is -0.390 e. The van der Waals surface area contributed by atoms with Crippen molar-refractivity contribution < 1.29 is 23.1 Å². The molecule has 2 amide bonds. The molecule has 39 heavy (non-hydrogen) atoms. The summed E-state index contributed by atoms with van der Waals surface area (Å²) in [6.07, 6.45) is 9.39. The van der Waals surface area contributed by atoms with Crippen LogP contribution < -0.4 is 10.0 Å². The van der Waals surface area contributed by atoms with Crippen LogP contribution in [-0.4, -0.2) is 78.7 Å². The molecule has 1 saturated carbocycles. The van der Waals surface area contributed by atoms with Gasteiger partial charge in [-0.1, -0.05) is 51.2 Å². The number of piperazine rings is 1. The Morgan fingerprint density at radius 1 is 1.08 bits per heavy atom. The predicted molar refractivity (Wildman–Crippen MR) is 155 cm³/mol. The molecule has 1 aromatic carbocycles. The van der Waals surface area contributed by atoms with Crippen molar-refractivity contribution in [1.29, 1.82) is 0 Å². The molecule has 3 fully saturated rings. The molecule has 2 saturated heterocycles. The number of nitrogens with one attached hydrogen (secondary N) is 2. The zero-order valence-corrected chi connectivity index (χ0v) is 24.9. The maximum atomic E-state index is 13.8. The van der Waals surface area contributed by atoms with Crippen LogP contribution in [0.25, 0.3) is 0 Å². The number of carbonyl (C=O) groups is 2. The summed E-state index contributed by atoms with van der Waals surface area (Å²) >= 11 is 0. The first-order valence-corrected chi connectivity index (χ1v) is 16.1. The van der Waals surface area contributed by atoms with E-state index in [9.17, 15) is 23.1 Å². The van der Waals surface area contributed by atoms with Crippen LogP contribution in [0.5, 0.6) is 0 Å². The molecule has 0 aromatic heterocycles. The molecule has 11 heteroatoms. The predicted octanol–water partition coefficient (Wildman–Crippen LogP) is 3.27. The zero-order chi connectivity index (χ0) is 27.3. The summed E-state index contributed by atoms with van der Waals surface area (Å²) in [6.45, 7) is 4.64. The number of rotatable bonds is 9. The van der Waals surface area contributed by atoms with Crippen LogP contribution in [0.3, 0.4) is 0 Å². The molecule has 2 heterocycles. The van der Waals surface area contributed by atoms with E-state index in [0.29, 0.717) is 44.7 Å². The number of benzene rings is 1. The lowest BCUT2D eigenvalue weighted by Crippen LogP contribution is -2.75. The van der Waals surface area contributed by atoms with E-state index in [1.54, 1.807) is 12.1 Å². The summed E-state index contributed by atoms with van der Waals surface area (Å²) < 4.78 is 25.4. The Morgan fingerprint density at radius 2 is 1.69 bits per heavy atom. The van der Waals surface area contributed by atoms with E-state index < -0.39 is 27.7 Å². The molecule has 3 N–H and O–H groups in total. The quantitative estimate of drug-likeness (QED) is 0.383. The average molecular weight is 585 g/mol. The second kappa shape index (κ2) is 13.7. The van der Waals surface area contributed by atoms with Crippen molar-refractivity contribution >= 4 is 39.9 Å². The van der Waals surface area contributed by atoms with Crippen molar-refractivity contribution in [3.63, 3.8) is 0 Å². The van der Waals surface area contributed by atoms with Crippen LogP contribution in [0, 0.1) is 5.92 Å². The summed E-state index contributed by atoms with van der Waals surface area (Å²) in [6, 6.07) is 6.46. The maximum Gasteiger partial charge on any atom is 0.248 e. The third-order valence-corrected chi connectivity index (χ3v) is 9.17. The largest absolute Gasteiger partial charge is 0.390 e. The highest BCUT2D eigenvalue weighted by Gasteiger charge is 2.55. The summed E-state index contributed by atoms with van der Waals surface area (Å²) in [4.78, 5) is 31.6. The normalized spacial score (nSPS) is 23.6. The second-order valence-corrected chi connectivity index (χ2v) is 13.2. The molecule has 0 unspecified atom stereocenters. The second-order valence-electron chi connectivity index (χ2n) is 11.4. The SMILES string of the molecule is CCCCN1C(=O)[C@@H]([C@H](O)C2CCCCCC2)NC(=O)C12CCN(Cc1ccc(NS(C)(=O)=O)cc1)CC2.Cl. The topological polar surface area (TPSA) is 119 Å². The lowest BCUT2D eigenvalue weighted by molar-refractivity contribution is -0.165. The van der Waals surface area contributed by atoms with Gasteiger partial charge in [-0.05, 0) is 55.7 Å². The fourth-order valence-corrected chi connectivity index (χ4v) is 6.93. The number of anilines is 1. The number of aliphatic hydroxyl groups excluding tert-OH is 1. The van der Waals surface area contributed by atoms with Crippen molar-refractivity contribution in [3.05, 3.63) is 29.8 Å². The summed E-state index contributed by atoms with van der Waals surface area (Å²) in [5.74, 6) is -0.200. The number of hydrogen-bond donors (Lipinski definition) is 3. The first kappa shape index (κ1) is 31.6. The highest BCUT2D eigenvalue weighted by molar-refractivity contribution is 7.92. The Balaban J connectivity index is 0.00000420. The molecule has 1 spiro atoms. The number of sulfonamides is 1. The standard InChI is InChI=1S/C28H44N4O5S.ClH/c1-3-4-17-32-26(34)24(25(33)22-9-7-5-6-8-10-22)29-27(35)28(32)15-18-31(19-16-28)20-21-11-13-23(14-12-21)30-38(2,36)37;/h11-14,22,24-25,30,33H,3-10,15-20H2,1-2H3,(H,29,35);1H/t24-,25-;/m1./s1. The van der Waals surface area contributed by atoms with Gasteiger partial charge in [-0.25, -0.2) is 8.42 Å². The van der Waals surface area contributed by atoms with Gasteiger partial charge in [-0.2, -0.15) is 0 Å². The molecule has 9 nitrogen and oxygen atoms in total. The Kier molecular flexibility index (Phi) is 11.1. The summed E-state index contributed by atoms with van der Waals surface area (Å²) in [5, 5.41) is 14.2. The third kappa shape index (κ3) is 7.65. The van der Waals surface area contributed by atoms with Crippen LogP contribution in [0.1, 0.15) is 76.7 Å². The lowest BCUT2D eigenvalue weighted by Gasteiger charge is -2.52. The minimum atomic E-state index is -3.32. The van der Waals surface area contributed by atoms with Crippen LogP contribution in [0.4, 0.5) is 5.69 Å². The smallest absolute Gasteiger partial charge is 0.248 e. The first-order valence-electron chi connectivity index (χ1n) is 14.2. The number of amides is 2. The van der Waals surface area contributed by atoms with Crippen molar-refractivity contribution in [2.45, 2.75) is 95.4 Å². The monoisotopic (exact) mass is 584 g/mol. The van der Waals surface area contributed by atoms with Crippen molar-refractivity contribution in [2.75, 3.05) is 30.6 Å². The van der Waals surface area contributed by atoms with E-state index in [1.807, 2.05) is 17.0 Å². The Bertz CT molecular complexity index is 1070. The Morgan fingerprint density at radius 3 is 2.26 bits per heavy atom. The van der Waals surface area contributed by atoms with Crippen molar-refractivity contribution in [1.82, 2.24) is 15.1 Å². The molecular formula is C28H45ClN4O5S. The number of likely N-dealkylation sites (tertiary alicyclic amines) is 1. The molecule has 1 aliphatic carbocycles. The maximum absolute atomic E-state index is 13.8. The van der Waals surface area contributed by atoms with Gasteiger partial charge in [0.1, 0.15) is 11.6 Å². The van der Waals surface area contributed by atoms with Crippen LogP contribution in [-0.2, 0) is 26.2 Å². The molecule has 0 radical (unpaired) electrons. The van der Waals surface area contributed by atoms with Gasteiger partial charge < -0.3 is 15.3 Å². The van der Waals surface area contributed by atoms with E-state index in [-0.39, 0.29) is 30.1 Å². The molecule has 4 rings (SSSR count). The van der Waals surface area contributed by atoms with Crippen LogP contribution >= 0.6 is 12.4 Å². The number of halogens is 1. The Labute approximate surface area is 239 Å². The highest BCUT2D eigenvalue weighted by atomic mass is 35.5. The van der Waals surface area contributed by atoms with Gasteiger partial charge in [0.25, 0.3) is 0 Å². The number of piperidine rings is 1. The lowest BCUT2D eigenvalue weighted by atomic mass is 9.79. The number of nitrogens with zero attached hydrogens (tertiary/aromatic N) is 2. The van der Waals surface area contributed by atoms with Gasteiger partial charge >= 0.3 is 0 Å². The average Bonchev–Trinajstić information content (AvgIpc) is 3.17. The number of unbranched alkanes of at least 4 members (excludes halogenated alkanes) is 1. The van der Waals surface area contributed by atoms with E-state index in [4.69, 9.17) is 0 Å². The molecule has 0 bridgehead atoms.